The number of rotatable bonds is 5. The molecule has 0 spiro atoms. The zero-order valence-electron chi connectivity index (χ0n) is 8.81. The van der Waals surface area contributed by atoms with Gasteiger partial charge in [-0.1, -0.05) is 22.5 Å². The van der Waals surface area contributed by atoms with Gasteiger partial charge in [-0.25, -0.2) is 13.1 Å². The molecular formula is C10H11BrN2O3S. The molecule has 0 bridgehead atoms. The molecule has 0 saturated heterocycles. The number of nitrogens with two attached hydrogens (primary N) is 1. The lowest BCUT2D eigenvalue weighted by Gasteiger charge is -2.06. The van der Waals surface area contributed by atoms with Crippen LogP contribution < -0.4 is 10.5 Å². The fourth-order valence-corrected chi connectivity index (χ4v) is 2.41. The molecule has 1 rings (SSSR count). The number of sulfonamides is 1. The summed E-state index contributed by atoms with van der Waals surface area (Å²) in [5.41, 5.74) is 5.31. The quantitative estimate of drug-likeness (QED) is 0.847. The second-order valence-corrected chi connectivity index (χ2v) is 6.12. The first kappa shape index (κ1) is 13.9. The fourth-order valence-electron chi connectivity index (χ4n) is 1.06. The highest BCUT2D eigenvalue weighted by molar-refractivity contribution is 9.11. The lowest BCUT2D eigenvalue weighted by molar-refractivity contribution is 0.1000. The molecule has 0 atom stereocenters. The molecule has 1 amide bonds. The number of hydrogen-bond acceptors (Lipinski definition) is 3. The zero-order chi connectivity index (χ0) is 13.1. The minimum Gasteiger partial charge on any atom is -0.366 e. The number of benzene rings is 1. The minimum absolute atomic E-state index is 0.0660. The Kier molecular flexibility index (Phi) is 4.44. The first-order chi connectivity index (χ1) is 7.83. The molecule has 0 heterocycles. The number of hydrogen-bond donors (Lipinski definition) is 2. The van der Waals surface area contributed by atoms with Crippen LogP contribution in [0.3, 0.4) is 0 Å². The maximum atomic E-state index is 11.7. The monoisotopic (exact) mass is 318 g/mol. The predicted octanol–water partition coefficient (Wildman–Crippen LogP) is 0.972. The van der Waals surface area contributed by atoms with Crippen LogP contribution in [0.4, 0.5) is 0 Å². The SMILES string of the molecule is C=C(Br)CNS(=O)(=O)c1ccc(C(N)=O)cc1. The largest absolute Gasteiger partial charge is 0.366 e. The maximum absolute atomic E-state index is 11.7. The lowest BCUT2D eigenvalue weighted by Crippen LogP contribution is -2.24. The van der Waals surface area contributed by atoms with Gasteiger partial charge < -0.3 is 5.73 Å². The summed E-state index contributed by atoms with van der Waals surface area (Å²) in [6.07, 6.45) is 0. The van der Waals surface area contributed by atoms with E-state index in [1.807, 2.05) is 0 Å². The lowest BCUT2D eigenvalue weighted by atomic mass is 10.2. The summed E-state index contributed by atoms with van der Waals surface area (Å²) in [5, 5.41) is 0. The Morgan fingerprint density at radius 3 is 2.29 bits per heavy atom. The van der Waals surface area contributed by atoms with Crippen molar-refractivity contribution >= 4 is 31.9 Å². The van der Waals surface area contributed by atoms with Crippen LogP contribution in [0.5, 0.6) is 0 Å². The van der Waals surface area contributed by atoms with Crippen LogP contribution in [0.2, 0.25) is 0 Å². The minimum atomic E-state index is -3.59. The van der Waals surface area contributed by atoms with Crippen LogP contribution in [-0.2, 0) is 10.0 Å². The van der Waals surface area contributed by atoms with Gasteiger partial charge in [0.05, 0.1) is 4.90 Å². The van der Waals surface area contributed by atoms with E-state index in [9.17, 15) is 13.2 Å². The smallest absolute Gasteiger partial charge is 0.248 e. The number of amides is 1. The van der Waals surface area contributed by atoms with Crippen molar-refractivity contribution in [3.63, 3.8) is 0 Å². The summed E-state index contributed by atoms with van der Waals surface area (Å²) in [7, 11) is -3.59. The van der Waals surface area contributed by atoms with Gasteiger partial charge in [0.1, 0.15) is 0 Å². The van der Waals surface area contributed by atoms with Gasteiger partial charge in [-0.05, 0) is 24.3 Å². The highest BCUT2D eigenvalue weighted by Gasteiger charge is 2.13. The molecule has 0 unspecified atom stereocenters. The van der Waals surface area contributed by atoms with Gasteiger partial charge in [-0.15, -0.1) is 0 Å². The summed E-state index contributed by atoms with van der Waals surface area (Å²) < 4.78 is 26.3. The molecule has 7 heteroatoms. The van der Waals surface area contributed by atoms with Crippen LogP contribution in [0.25, 0.3) is 0 Å². The van der Waals surface area contributed by atoms with E-state index >= 15 is 0 Å². The summed E-state index contributed by atoms with van der Waals surface area (Å²) in [4.78, 5) is 10.9. The Hall–Kier alpha value is -1.18. The summed E-state index contributed by atoms with van der Waals surface area (Å²) >= 11 is 3.05. The molecule has 92 valence electrons. The molecule has 0 radical (unpaired) electrons. The number of carbonyl (C=O) groups is 1. The van der Waals surface area contributed by atoms with Crippen LogP contribution >= 0.6 is 15.9 Å². The van der Waals surface area contributed by atoms with E-state index in [0.717, 1.165) is 0 Å². The van der Waals surface area contributed by atoms with Gasteiger partial charge in [-0.2, -0.15) is 0 Å². The van der Waals surface area contributed by atoms with Gasteiger partial charge in [0.2, 0.25) is 15.9 Å². The molecule has 0 aliphatic rings. The van der Waals surface area contributed by atoms with Crippen LogP contribution in [0.1, 0.15) is 10.4 Å². The topological polar surface area (TPSA) is 89.3 Å². The average Bonchev–Trinajstić information content (AvgIpc) is 2.27. The average molecular weight is 319 g/mol. The molecule has 3 N–H and O–H groups in total. The van der Waals surface area contributed by atoms with Crippen molar-refractivity contribution < 1.29 is 13.2 Å². The van der Waals surface area contributed by atoms with Crippen molar-refractivity contribution in [2.75, 3.05) is 6.54 Å². The van der Waals surface area contributed by atoms with Crippen molar-refractivity contribution in [3.8, 4) is 0 Å². The van der Waals surface area contributed by atoms with E-state index in [1.54, 1.807) is 0 Å². The second-order valence-electron chi connectivity index (χ2n) is 3.23. The standard InChI is InChI=1S/C10H11BrN2O3S/c1-7(11)6-13-17(15,16)9-4-2-8(3-5-9)10(12)14/h2-5,13H,1,6H2,(H2,12,14). The highest BCUT2D eigenvalue weighted by atomic mass is 79.9. The first-order valence-electron chi connectivity index (χ1n) is 4.56. The van der Waals surface area contributed by atoms with Crippen LogP contribution in [0.15, 0.2) is 40.2 Å². The van der Waals surface area contributed by atoms with Gasteiger partial charge >= 0.3 is 0 Å². The number of carbonyl (C=O) groups excluding carboxylic acids is 1. The molecule has 0 aromatic heterocycles. The third kappa shape index (κ3) is 3.95. The maximum Gasteiger partial charge on any atom is 0.248 e. The predicted molar refractivity (Wildman–Crippen MR) is 68.2 cm³/mol. The second kappa shape index (κ2) is 5.44. The molecule has 0 aliphatic heterocycles. The number of halogens is 1. The molecule has 1 aromatic rings. The normalized spacial score (nSPS) is 11.1. The van der Waals surface area contributed by atoms with E-state index in [0.29, 0.717) is 4.48 Å². The Balaban J connectivity index is 2.92. The van der Waals surface area contributed by atoms with E-state index in [-0.39, 0.29) is 17.0 Å². The van der Waals surface area contributed by atoms with Crippen molar-refractivity contribution in [2.45, 2.75) is 4.90 Å². The molecule has 5 nitrogen and oxygen atoms in total. The number of nitrogens with one attached hydrogen (secondary N) is 1. The van der Waals surface area contributed by atoms with E-state index in [1.165, 1.54) is 24.3 Å². The van der Waals surface area contributed by atoms with Crippen LogP contribution in [0, 0.1) is 0 Å². The van der Waals surface area contributed by atoms with E-state index in [2.05, 4.69) is 27.2 Å². The molecule has 1 aromatic carbocycles. The summed E-state index contributed by atoms with van der Waals surface area (Å²) in [5.74, 6) is -0.601. The first-order valence-corrected chi connectivity index (χ1v) is 6.83. The number of primary amides is 1. The van der Waals surface area contributed by atoms with Crippen molar-refractivity contribution in [2.24, 2.45) is 5.73 Å². The Bertz CT molecular complexity index is 537. The third-order valence-electron chi connectivity index (χ3n) is 1.90. The van der Waals surface area contributed by atoms with Gasteiger partial charge in [-0.3, -0.25) is 4.79 Å². The van der Waals surface area contributed by atoms with Gasteiger partial charge in [0, 0.05) is 16.6 Å². The molecule has 0 aliphatic carbocycles. The van der Waals surface area contributed by atoms with Crippen molar-refractivity contribution in [1.29, 1.82) is 0 Å². The Morgan fingerprint density at radius 2 is 1.88 bits per heavy atom. The Morgan fingerprint density at radius 1 is 1.35 bits per heavy atom. The molecular weight excluding hydrogens is 308 g/mol. The summed E-state index contributed by atoms with van der Waals surface area (Å²) in [6.45, 7) is 3.61. The van der Waals surface area contributed by atoms with E-state index < -0.39 is 15.9 Å². The van der Waals surface area contributed by atoms with Crippen molar-refractivity contribution in [3.05, 3.63) is 40.9 Å². The van der Waals surface area contributed by atoms with E-state index in [4.69, 9.17) is 5.73 Å². The molecule has 0 saturated carbocycles. The third-order valence-corrected chi connectivity index (χ3v) is 3.60. The fraction of sp³-hybridized carbons (Fsp3) is 0.100. The molecule has 0 fully saturated rings. The van der Waals surface area contributed by atoms with Crippen molar-refractivity contribution in [1.82, 2.24) is 4.72 Å². The molecule has 17 heavy (non-hydrogen) atoms. The Labute approximate surface area is 108 Å². The highest BCUT2D eigenvalue weighted by Crippen LogP contribution is 2.11. The summed E-state index contributed by atoms with van der Waals surface area (Å²) in [6, 6.07) is 5.36. The van der Waals surface area contributed by atoms with Gasteiger partial charge in [0.25, 0.3) is 0 Å². The van der Waals surface area contributed by atoms with Crippen LogP contribution in [-0.4, -0.2) is 20.9 Å². The van der Waals surface area contributed by atoms with Gasteiger partial charge in [0.15, 0.2) is 0 Å². The zero-order valence-corrected chi connectivity index (χ0v) is 11.2.